The van der Waals surface area contributed by atoms with E-state index in [1.807, 2.05) is 17.5 Å². The number of hydrogen-bond donors (Lipinski definition) is 2. The first-order valence-electron chi connectivity index (χ1n) is 5.56. The molecule has 18 heavy (non-hydrogen) atoms. The van der Waals surface area contributed by atoms with E-state index in [0.29, 0.717) is 17.8 Å². The molecule has 96 valence electrons. The van der Waals surface area contributed by atoms with E-state index in [9.17, 15) is 9.59 Å². The molecule has 0 saturated carbocycles. The highest BCUT2D eigenvalue weighted by atomic mass is 32.1. The fourth-order valence-electron chi connectivity index (χ4n) is 1.49. The number of carboxylic acid groups (broad SMARTS) is 1. The lowest BCUT2D eigenvalue weighted by molar-refractivity contribution is -0.141. The third-order valence-electron chi connectivity index (χ3n) is 2.65. The van der Waals surface area contributed by atoms with Crippen LogP contribution >= 0.6 is 22.7 Å². The van der Waals surface area contributed by atoms with E-state index in [2.05, 4.69) is 5.32 Å². The lowest BCUT2D eigenvalue weighted by Gasteiger charge is -2.06. The van der Waals surface area contributed by atoms with Crippen LogP contribution in [-0.4, -0.2) is 23.5 Å². The van der Waals surface area contributed by atoms with E-state index >= 15 is 0 Å². The summed E-state index contributed by atoms with van der Waals surface area (Å²) >= 11 is 3.07. The third-order valence-corrected chi connectivity index (χ3v) is 4.74. The second kappa shape index (κ2) is 5.49. The molecule has 0 spiro atoms. The first-order valence-corrected chi connectivity index (χ1v) is 7.25. The van der Waals surface area contributed by atoms with Crippen LogP contribution in [0.1, 0.15) is 23.0 Å². The molecule has 2 N–H and O–H groups in total. The molecule has 0 bridgehead atoms. The molecule has 2 heterocycles. The van der Waals surface area contributed by atoms with Gasteiger partial charge in [0, 0.05) is 15.9 Å². The summed E-state index contributed by atoms with van der Waals surface area (Å²) in [7, 11) is 0. The summed E-state index contributed by atoms with van der Waals surface area (Å²) in [6.07, 6.45) is 0.445. The molecule has 0 fully saturated rings. The van der Waals surface area contributed by atoms with Gasteiger partial charge >= 0.3 is 5.97 Å². The van der Waals surface area contributed by atoms with Gasteiger partial charge in [-0.15, -0.1) is 22.7 Å². The van der Waals surface area contributed by atoms with E-state index in [-0.39, 0.29) is 5.91 Å². The summed E-state index contributed by atoms with van der Waals surface area (Å²) in [6, 6.07) is 3.87. The highest BCUT2D eigenvalue weighted by Gasteiger charge is 2.13. The molecule has 2 aromatic heterocycles. The maximum absolute atomic E-state index is 11.8. The number of hydrogen-bond acceptors (Lipinski definition) is 4. The quantitative estimate of drug-likeness (QED) is 0.886. The van der Waals surface area contributed by atoms with Gasteiger partial charge in [-0.25, -0.2) is 0 Å². The Kier molecular flexibility index (Phi) is 3.98. The summed E-state index contributed by atoms with van der Waals surface area (Å²) in [5.41, 5.74) is 0. The van der Waals surface area contributed by atoms with Crippen molar-refractivity contribution in [2.24, 2.45) is 5.92 Å². The highest BCUT2D eigenvalue weighted by molar-refractivity contribution is 7.27. The number of rotatable bonds is 5. The average Bonchev–Trinajstić information content (AvgIpc) is 2.88. The molecule has 0 saturated heterocycles. The van der Waals surface area contributed by atoms with Crippen molar-refractivity contribution in [2.45, 2.75) is 13.3 Å². The van der Waals surface area contributed by atoms with Gasteiger partial charge in [0.1, 0.15) is 0 Å². The molecule has 2 rings (SSSR count). The number of fused-ring (bicyclic) bond motifs is 1. The molecule has 0 radical (unpaired) electrons. The van der Waals surface area contributed by atoms with Crippen molar-refractivity contribution in [3.63, 3.8) is 0 Å². The van der Waals surface area contributed by atoms with Gasteiger partial charge < -0.3 is 10.4 Å². The van der Waals surface area contributed by atoms with Gasteiger partial charge in [0.25, 0.3) is 5.91 Å². The largest absolute Gasteiger partial charge is 0.481 e. The Morgan fingerprint density at radius 3 is 2.89 bits per heavy atom. The zero-order chi connectivity index (χ0) is 13.1. The zero-order valence-electron chi connectivity index (χ0n) is 9.80. The van der Waals surface area contributed by atoms with Gasteiger partial charge in [0.2, 0.25) is 0 Å². The van der Waals surface area contributed by atoms with Crippen LogP contribution in [0.4, 0.5) is 0 Å². The molecular formula is C12H13NO3S2. The fraction of sp³-hybridized carbons (Fsp3) is 0.333. The van der Waals surface area contributed by atoms with Crippen LogP contribution in [0.15, 0.2) is 17.5 Å². The van der Waals surface area contributed by atoms with Crippen LogP contribution in [0.3, 0.4) is 0 Å². The molecule has 0 aliphatic heterocycles. The van der Waals surface area contributed by atoms with Crippen molar-refractivity contribution in [1.29, 1.82) is 0 Å². The lowest BCUT2D eigenvalue weighted by Crippen LogP contribution is -2.26. The van der Waals surface area contributed by atoms with Crippen LogP contribution in [-0.2, 0) is 4.79 Å². The van der Waals surface area contributed by atoms with Crippen LogP contribution in [0.25, 0.3) is 9.40 Å². The van der Waals surface area contributed by atoms with Crippen LogP contribution in [0, 0.1) is 5.92 Å². The van der Waals surface area contributed by atoms with Crippen molar-refractivity contribution < 1.29 is 14.7 Å². The number of carbonyl (C=O) groups is 2. The third kappa shape index (κ3) is 2.88. The Bertz CT molecular complexity index is 544. The molecule has 1 unspecified atom stereocenters. The Balaban J connectivity index is 1.88. The van der Waals surface area contributed by atoms with Crippen LogP contribution < -0.4 is 5.32 Å². The smallest absolute Gasteiger partial charge is 0.306 e. The topological polar surface area (TPSA) is 66.4 Å². The number of nitrogens with one attached hydrogen (secondary N) is 1. The lowest BCUT2D eigenvalue weighted by atomic mass is 10.1. The summed E-state index contributed by atoms with van der Waals surface area (Å²) in [5, 5.41) is 13.5. The molecule has 4 nitrogen and oxygen atoms in total. The Labute approximate surface area is 112 Å². The molecule has 1 amide bonds. The Morgan fingerprint density at radius 1 is 1.44 bits per heavy atom. The van der Waals surface area contributed by atoms with Crippen molar-refractivity contribution in [2.75, 3.05) is 6.54 Å². The monoisotopic (exact) mass is 283 g/mol. The molecule has 0 aliphatic rings. The van der Waals surface area contributed by atoms with Gasteiger partial charge in [-0.2, -0.15) is 0 Å². The van der Waals surface area contributed by atoms with Crippen LogP contribution in [0.5, 0.6) is 0 Å². The minimum absolute atomic E-state index is 0.124. The van der Waals surface area contributed by atoms with E-state index in [1.165, 1.54) is 11.3 Å². The second-order valence-electron chi connectivity index (χ2n) is 4.04. The minimum Gasteiger partial charge on any atom is -0.481 e. The van der Waals surface area contributed by atoms with Gasteiger partial charge in [0.15, 0.2) is 0 Å². The number of amides is 1. The average molecular weight is 283 g/mol. The van der Waals surface area contributed by atoms with Crippen molar-refractivity contribution in [3.8, 4) is 0 Å². The second-order valence-corrected chi connectivity index (χ2v) is 6.08. The first-order chi connectivity index (χ1) is 8.58. The van der Waals surface area contributed by atoms with Gasteiger partial charge in [-0.3, -0.25) is 9.59 Å². The summed E-state index contributed by atoms with van der Waals surface area (Å²) in [4.78, 5) is 23.1. The van der Waals surface area contributed by atoms with Gasteiger partial charge in [-0.1, -0.05) is 6.92 Å². The summed E-state index contributed by atoms with van der Waals surface area (Å²) in [5.74, 6) is -1.39. The van der Waals surface area contributed by atoms with Crippen molar-refractivity contribution in [1.82, 2.24) is 5.32 Å². The Morgan fingerprint density at radius 2 is 2.22 bits per heavy atom. The molecule has 2 aromatic rings. The van der Waals surface area contributed by atoms with Crippen LogP contribution in [0.2, 0.25) is 0 Å². The first kappa shape index (κ1) is 13.0. The Hall–Kier alpha value is -1.40. The van der Waals surface area contributed by atoms with Gasteiger partial charge in [-0.05, 0) is 23.9 Å². The normalized spacial score (nSPS) is 12.5. The van der Waals surface area contributed by atoms with E-state index in [4.69, 9.17) is 5.11 Å². The number of aliphatic carboxylic acids is 1. The summed E-state index contributed by atoms with van der Waals surface area (Å²) < 4.78 is 2.23. The maximum atomic E-state index is 11.8. The van der Waals surface area contributed by atoms with E-state index in [0.717, 1.165) is 9.40 Å². The van der Waals surface area contributed by atoms with Crippen molar-refractivity contribution in [3.05, 3.63) is 22.4 Å². The number of carbonyl (C=O) groups excluding carboxylic acids is 1. The SMILES string of the molecule is CC(CCNC(=O)c1cc2sccc2s1)C(=O)O. The standard InChI is InChI=1S/C12H13NO3S2/c1-7(12(15)16)2-4-13-11(14)10-6-9-8(18-10)3-5-17-9/h3,5-7H,2,4H2,1H3,(H,13,14)(H,15,16). The van der Waals surface area contributed by atoms with E-state index < -0.39 is 11.9 Å². The van der Waals surface area contributed by atoms with Gasteiger partial charge in [0.05, 0.1) is 10.8 Å². The molecular weight excluding hydrogens is 270 g/mol. The number of carboxylic acids is 1. The minimum atomic E-state index is -0.833. The highest BCUT2D eigenvalue weighted by Crippen LogP contribution is 2.29. The molecule has 0 aliphatic carbocycles. The molecule has 1 atom stereocenters. The molecule has 6 heteroatoms. The summed E-state index contributed by atoms with van der Waals surface area (Å²) in [6.45, 7) is 2.02. The maximum Gasteiger partial charge on any atom is 0.306 e. The van der Waals surface area contributed by atoms with E-state index in [1.54, 1.807) is 18.3 Å². The van der Waals surface area contributed by atoms with Crippen molar-refractivity contribution >= 4 is 43.9 Å². The predicted molar refractivity (Wildman–Crippen MR) is 73.5 cm³/mol. The zero-order valence-corrected chi connectivity index (χ0v) is 11.4. The fourth-order valence-corrected chi connectivity index (χ4v) is 3.52. The number of thiophene rings is 2. The molecule has 0 aromatic carbocycles. The predicted octanol–water partition coefficient (Wildman–Crippen LogP) is 2.80.